The number of halogens is 1. The van der Waals surface area contributed by atoms with Crippen LogP contribution in [0.1, 0.15) is 25.5 Å². The highest BCUT2D eigenvalue weighted by atomic mass is 35.5. The highest BCUT2D eigenvalue weighted by molar-refractivity contribution is 5.85. The molecular formula is C14H23ClN2O4. The second-order valence-corrected chi connectivity index (χ2v) is 4.48. The van der Waals surface area contributed by atoms with Crippen LogP contribution < -0.4 is 25.3 Å². The first-order valence-corrected chi connectivity index (χ1v) is 6.30. The van der Waals surface area contributed by atoms with E-state index < -0.39 is 6.04 Å². The van der Waals surface area contributed by atoms with Gasteiger partial charge in [-0.1, -0.05) is 0 Å². The molecule has 0 fully saturated rings. The van der Waals surface area contributed by atoms with Crippen molar-refractivity contribution < 1.29 is 19.0 Å². The third kappa shape index (κ3) is 4.68. The topological polar surface area (TPSA) is 82.8 Å². The fourth-order valence-electron chi connectivity index (χ4n) is 1.78. The fraction of sp³-hybridized carbons (Fsp3) is 0.500. The zero-order chi connectivity index (χ0) is 15.3. The van der Waals surface area contributed by atoms with Gasteiger partial charge in [0, 0.05) is 0 Å². The van der Waals surface area contributed by atoms with E-state index in [9.17, 15) is 4.79 Å². The molecule has 120 valence electrons. The molecule has 1 aromatic rings. The van der Waals surface area contributed by atoms with Gasteiger partial charge in [0.1, 0.15) is 0 Å². The third-order valence-corrected chi connectivity index (χ3v) is 2.96. The van der Waals surface area contributed by atoms with Crippen molar-refractivity contribution in [3.8, 4) is 17.2 Å². The van der Waals surface area contributed by atoms with Gasteiger partial charge in [-0.2, -0.15) is 0 Å². The lowest BCUT2D eigenvalue weighted by Crippen LogP contribution is -2.39. The Morgan fingerprint density at radius 1 is 1.10 bits per heavy atom. The molecule has 1 aromatic carbocycles. The minimum absolute atomic E-state index is 0. The molecule has 0 aliphatic carbocycles. The van der Waals surface area contributed by atoms with Crippen LogP contribution in [-0.4, -0.2) is 33.3 Å². The Balaban J connectivity index is 0.00000400. The van der Waals surface area contributed by atoms with Gasteiger partial charge in [0.2, 0.25) is 11.7 Å². The molecule has 21 heavy (non-hydrogen) atoms. The molecule has 0 saturated carbocycles. The molecule has 1 amide bonds. The van der Waals surface area contributed by atoms with Crippen molar-refractivity contribution in [1.29, 1.82) is 0 Å². The van der Waals surface area contributed by atoms with Gasteiger partial charge in [0.05, 0.1) is 33.4 Å². The Kier molecular flexibility index (Phi) is 7.91. The van der Waals surface area contributed by atoms with E-state index in [4.69, 9.17) is 19.9 Å². The number of hydrogen-bond acceptors (Lipinski definition) is 5. The SMILES string of the molecule is COc1cc(C(C)NC(=O)[C@@H](C)N)cc(OC)c1OC.Cl. The predicted molar refractivity (Wildman–Crippen MR) is 83.6 cm³/mol. The standard InChI is InChI=1S/C14H22N2O4.ClH/c1-8(15)14(17)16-9(2)10-6-11(18-3)13(20-5)12(7-10)19-4;/h6-9H,15H2,1-5H3,(H,16,17);1H/t8-,9?;/m1./s1. The Hall–Kier alpha value is -1.66. The fourth-order valence-corrected chi connectivity index (χ4v) is 1.78. The lowest BCUT2D eigenvalue weighted by atomic mass is 10.1. The number of rotatable bonds is 6. The molecule has 1 rings (SSSR count). The van der Waals surface area contributed by atoms with Gasteiger partial charge in [0.25, 0.3) is 0 Å². The number of nitrogens with one attached hydrogen (secondary N) is 1. The van der Waals surface area contributed by atoms with E-state index in [-0.39, 0.29) is 24.4 Å². The van der Waals surface area contributed by atoms with Crippen LogP contribution in [0.4, 0.5) is 0 Å². The maximum absolute atomic E-state index is 11.6. The molecule has 6 nitrogen and oxygen atoms in total. The molecule has 0 aliphatic heterocycles. The highest BCUT2D eigenvalue weighted by Gasteiger charge is 2.18. The van der Waals surface area contributed by atoms with Crippen molar-refractivity contribution in [2.75, 3.05) is 21.3 Å². The molecule has 0 bridgehead atoms. The number of benzene rings is 1. The van der Waals surface area contributed by atoms with Gasteiger partial charge in [-0.15, -0.1) is 12.4 Å². The van der Waals surface area contributed by atoms with E-state index in [0.717, 1.165) is 5.56 Å². The lowest BCUT2D eigenvalue weighted by molar-refractivity contribution is -0.122. The van der Waals surface area contributed by atoms with E-state index in [0.29, 0.717) is 17.2 Å². The quantitative estimate of drug-likeness (QED) is 0.833. The Bertz CT molecular complexity index is 455. The van der Waals surface area contributed by atoms with Crippen molar-refractivity contribution in [3.63, 3.8) is 0 Å². The third-order valence-electron chi connectivity index (χ3n) is 2.96. The number of hydrogen-bond donors (Lipinski definition) is 2. The minimum Gasteiger partial charge on any atom is -0.493 e. The molecule has 2 atom stereocenters. The summed E-state index contributed by atoms with van der Waals surface area (Å²) in [7, 11) is 4.64. The van der Waals surface area contributed by atoms with E-state index in [2.05, 4.69) is 5.32 Å². The van der Waals surface area contributed by atoms with E-state index >= 15 is 0 Å². The number of carbonyl (C=O) groups excluding carboxylic acids is 1. The normalized spacial score (nSPS) is 12.7. The first kappa shape index (κ1) is 19.3. The summed E-state index contributed by atoms with van der Waals surface area (Å²) in [6, 6.07) is 2.82. The van der Waals surface area contributed by atoms with Crippen LogP contribution in [0.3, 0.4) is 0 Å². The summed E-state index contributed by atoms with van der Waals surface area (Å²) in [4.78, 5) is 11.6. The van der Waals surface area contributed by atoms with E-state index in [1.54, 1.807) is 40.4 Å². The maximum Gasteiger partial charge on any atom is 0.237 e. The number of methoxy groups -OCH3 is 3. The molecule has 1 unspecified atom stereocenters. The number of nitrogens with two attached hydrogens (primary N) is 1. The van der Waals surface area contributed by atoms with E-state index in [1.807, 2.05) is 6.92 Å². The lowest BCUT2D eigenvalue weighted by Gasteiger charge is -2.19. The number of ether oxygens (including phenoxy) is 3. The first-order chi connectivity index (χ1) is 9.44. The van der Waals surface area contributed by atoms with Gasteiger partial charge in [-0.25, -0.2) is 0 Å². The Morgan fingerprint density at radius 3 is 1.90 bits per heavy atom. The van der Waals surface area contributed by atoms with Crippen LogP contribution in [0, 0.1) is 0 Å². The van der Waals surface area contributed by atoms with Crippen LogP contribution >= 0.6 is 12.4 Å². The summed E-state index contributed by atoms with van der Waals surface area (Å²) in [5, 5.41) is 2.82. The largest absolute Gasteiger partial charge is 0.493 e. The van der Waals surface area contributed by atoms with Crippen molar-refractivity contribution >= 4 is 18.3 Å². The first-order valence-electron chi connectivity index (χ1n) is 6.30. The average molecular weight is 319 g/mol. The molecule has 0 spiro atoms. The molecule has 0 saturated heterocycles. The predicted octanol–water partition coefficient (Wildman–Crippen LogP) is 1.66. The van der Waals surface area contributed by atoms with Gasteiger partial charge in [-0.05, 0) is 31.5 Å². The summed E-state index contributed by atoms with van der Waals surface area (Å²) in [6.07, 6.45) is 0. The van der Waals surface area contributed by atoms with Crippen LogP contribution in [0.5, 0.6) is 17.2 Å². The molecule has 0 heterocycles. The highest BCUT2D eigenvalue weighted by Crippen LogP contribution is 2.39. The van der Waals surface area contributed by atoms with E-state index in [1.165, 1.54) is 0 Å². The van der Waals surface area contributed by atoms with Crippen molar-refractivity contribution in [3.05, 3.63) is 17.7 Å². The molecular weight excluding hydrogens is 296 g/mol. The molecule has 3 N–H and O–H groups in total. The Labute approximate surface area is 131 Å². The van der Waals surface area contributed by atoms with Crippen molar-refractivity contribution in [2.24, 2.45) is 5.73 Å². The van der Waals surface area contributed by atoms with Crippen LogP contribution in [0.15, 0.2) is 12.1 Å². The van der Waals surface area contributed by atoms with Crippen LogP contribution in [-0.2, 0) is 4.79 Å². The van der Waals surface area contributed by atoms with Crippen molar-refractivity contribution in [2.45, 2.75) is 25.9 Å². The number of amides is 1. The van der Waals surface area contributed by atoms with Crippen molar-refractivity contribution in [1.82, 2.24) is 5.32 Å². The van der Waals surface area contributed by atoms with Crippen LogP contribution in [0.25, 0.3) is 0 Å². The van der Waals surface area contributed by atoms with Gasteiger partial charge < -0.3 is 25.3 Å². The summed E-state index contributed by atoms with van der Waals surface area (Å²) in [6.45, 7) is 3.50. The zero-order valence-corrected chi connectivity index (χ0v) is 13.7. The smallest absolute Gasteiger partial charge is 0.237 e. The zero-order valence-electron chi connectivity index (χ0n) is 12.9. The maximum atomic E-state index is 11.6. The molecule has 0 aliphatic rings. The van der Waals surface area contributed by atoms with Gasteiger partial charge in [0.15, 0.2) is 11.5 Å². The summed E-state index contributed by atoms with van der Waals surface area (Å²) >= 11 is 0. The second kappa shape index (κ2) is 8.59. The average Bonchev–Trinajstić information content (AvgIpc) is 2.45. The molecule has 7 heteroatoms. The summed E-state index contributed by atoms with van der Waals surface area (Å²) < 4.78 is 15.8. The number of carbonyl (C=O) groups is 1. The molecule has 0 aromatic heterocycles. The Morgan fingerprint density at radius 2 is 1.57 bits per heavy atom. The van der Waals surface area contributed by atoms with Gasteiger partial charge in [-0.3, -0.25) is 4.79 Å². The summed E-state index contributed by atoms with van der Waals surface area (Å²) in [5.74, 6) is 1.39. The summed E-state index contributed by atoms with van der Waals surface area (Å²) in [5.41, 5.74) is 6.38. The van der Waals surface area contributed by atoms with Gasteiger partial charge >= 0.3 is 0 Å². The monoisotopic (exact) mass is 318 g/mol. The molecule has 0 radical (unpaired) electrons. The second-order valence-electron chi connectivity index (χ2n) is 4.48. The minimum atomic E-state index is -0.556. The van der Waals surface area contributed by atoms with Crippen LogP contribution in [0.2, 0.25) is 0 Å².